The van der Waals surface area contributed by atoms with Crippen LogP contribution in [0.25, 0.3) is 0 Å². The van der Waals surface area contributed by atoms with Crippen LogP contribution in [-0.2, 0) is 9.53 Å². The lowest BCUT2D eigenvalue weighted by molar-refractivity contribution is -0.161. The third-order valence-corrected chi connectivity index (χ3v) is 10.2. The molecule has 0 radical (unpaired) electrons. The Balaban J connectivity index is 1.35. The molecule has 5 rings (SSSR count). The lowest BCUT2D eigenvalue weighted by Crippen LogP contribution is -2.54. The predicted molar refractivity (Wildman–Crippen MR) is 116 cm³/mol. The molecule has 0 bridgehead atoms. The van der Waals surface area contributed by atoms with E-state index in [2.05, 4.69) is 44.2 Å². The second kappa shape index (κ2) is 7.13. The molecular weight excluding hydrogens is 356 g/mol. The van der Waals surface area contributed by atoms with Gasteiger partial charge in [0, 0.05) is 12.3 Å². The monoisotopic (exact) mass is 394 g/mol. The number of ether oxygens (including phenoxy) is 1. The van der Waals surface area contributed by atoms with E-state index in [0.717, 1.165) is 36.0 Å². The van der Waals surface area contributed by atoms with Crippen LogP contribution in [-0.4, -0.2) is 12.1 Å². The van der Waals surface area contributed by atoms with E-state index in [1.165, 1.54) is 51.4 Å². The molecule has 0 saturated heterocycles. The minimum atomic E-state index is -0.0890. The number of fused-ring (bicyclic) bond motifs is 5. The molecule has 4 unspecified atom stereocenters. The summed E-state index contributed by atoms with van der Waals surface area (Å²) in [4.78, 5) is 11.7. The van der Waals surface area contributed by atoms with Crippen molar-refractivity contribution in [1.82, 2.24) is 0 Å². The number of esters is 1. The van der Waals surface area contributed by atoms with Gasteiger partial charge in [0.2, 0.25) is 0 Å². The Morgan fingerprint density at radius 3 is 2.38 bits per heavy atom. The van der Waals surface area contributed by atoms with Gasteiger partial charge in [-0.15, -0.1) is 0 Å². The quantitative estimate of drug-likeness (QED) is 0.519. The minimum Gasteiger partial charge on any atom is -0.462 e. The third-order valence-electron chi connectivity index (χ3n) is 10.2. The molecule has 0 aliphatic heterocycles. The normalized spacial score (nSPS) is 46.3. The number of carbonyl (C=O) groups excluding carboxylic acids is 1. The van der Waals surface area contributed by atoms with Crippen LogP contribution >= 0.6 is 0 Å². The van der Waals surface area contributed by atoms with Crippen molar-refractivity contribution in [3.05, 3.63) is 35.9 Å². The second-order valence-electron chi connectivity index (χ2n) is 11.3. The largest absolute Gasteiger partial charge is 0.462 e. The molecule has 0 amide bonds. The summed E-state index contributed by atoms with van der Waals surface area (Å²) in [7, 11) is 0. The fourth-order valence-corrected chi connectivity index (χ4v) is 8.63. The summed E-state index contributed by atoms with van der Waals surface area (Å²) >= 11 is 0. The maximum absolute atomic E-state index is 11.7. The van der Waals surface area contributed by atoms with Gasteiger partial charge in [-0.05, 0) is 98.4 Å². The first-order valence-electron chi connectivity index (χ1n) is 12.1. The van der Waals surface area contributed by atoms with Crippen molar-refractivity contribution in [3.63, 3.8) is 0 Å². The van der Waals surface area contributed by atoms with Crippen LogP contribution in [0.3, 0.4) is 0 Å². The van der Waals surface area contributed by atoms with E-state index in [-0.39, 0.29) is 17.5 Å². The standard InChI is InChI=1S/C27H38O2/c1-18(28)29-25-12-11-23-22-10-9-21-17-20(19-7-5-4-6-8-19)13-15-26(21,2)24(22)14-16-27(23,25)3/h4-8,20-25H,9-17H2,1-3H3/t20?,21-,22?,23?,24?,25-,26-,27-/m0/s1. The zero-order chi connectivity index (χ0) is 20.2. The smallest absolute Gasteiger partial charge is 0.302 e. The van der Waals surface area contributed by atoms with Crippen molar-refractivity contribution in [2.75, 3.05) is 0 Å². The Morgan fingerprint density at radius 2 is 1.62 bits per heavy atom. The number of benzene rings is 1. The number of rotatable bonds is 2. The van der Waals surface area contributed by atoms with Crippen molar-refractivity contribution in [2.45, 2.75) is 90.6 Å². The highest BCUT2D eigenvalue weighted by molar-refractivity contribution is 5.66. The Hall–Kier alpha value is -1.31. The molecule has 158 valence electrons. The summed E-state index contributed by atoms with van der Waals surface area (Å²) in [6, 6.07) is 11.3. The van der Waals surface area contributed by atoms with E-state index >= 15 is 0 Å². The number of carbonyl (C=O) groups is 1. The highest BCUT2D eigenvalue weighted by Crippen LogP contribution is 2.67. The van der Waals surface area contributed by atoms with Gasteiger partial charge in [-0.2, -0.15) is 0 Å². The minimum absolute atomic E-state index is 0.0890. The van der Waals surface area contributed by atoms with Gasteiger partial charge in [-0.3, -0.25) is 4.79 Å². The van der Waals surface area contributed by atoms with Crippen LogP contribution in [0.1, 0.15) is 90.0 Å². The predicted octanol–water partition coefficient (Wildman–Crippen LogP) is 6.74. The highest BCUT2D eigenvalue weighted by atomic mass is 16.5. The van der Waals surface area contributed by atoms with Crippen LogP contribution in [0.4, 0.5) is 0 Å². The molecule has 1 aromatic rings. The van der Waals surface area contributed by atoms with Crippen molar-refractivity contribution in [3.8, 4) is 0 Å². The molecule has 4 aliphatic rings. The molecule has 0 N–H and O–H groups in total. The zero-order valence-corrected chi connectivity index (χ0v) is 18.5. The van der Waals surface area contributed by atoms with Crippen LogP contribution in [0, 0.1) is 34.5 Å². The fourth-order valence-electron chi connectivity index (χ4n) is 8.63. The molecule has 0 spiro atoms. The van der Waals surface area contributed by atoms with Gasteiger partial charge in [-0.1, -0.05) is 44.2 Å². The Bertz CT molecular complexity index is 757. The maximum Gasteiger partial charge on any atom is 0.302 e. The summed E-state index contributed by atoms with van der Waals surface area (Å²) in [5.41, 5.74) is 2.31. The van der Waals surface area contributed by atoms with Crippen molar-refractivity contribution < 1.29 is 9.53 Å². The van der Waals surface area contributed by atoms with Gasteiger partial charge in [0.15, 0.2) is 0 Å². The summed E-state index contributed by atoms with van der Waals surface area (Å²) in [5.74, 6) is 4.05. The van der Waals surface area contributed by atoms with E-state index < -0.39 is 0 Å². The lowest BCUT2D eigenvalue weighted by atomic mass is 9.44. The molecule has 1 aromatic carbocycles. The molecule has 0 heterocycles. The van der Waals surface area contributed by atoms with E-state index in [9.17, 15) is 4.79 Å². The Morgan fingerprint density at radius 1 is 0.897 bits per heavy atom. The van der Waals surface area contributed by atoms with E-state index in [1.54, 1.807) is 12.5 Å². The van der Waals surface area contributed by atoms with Crippen LogP contribution in [0.15, 0.2) is 30.3 Å². The zero-order valence-electron chi connectivity index (χ0n) is 18.5. The van der Waals surface area contributed by atoms with Gasteiger partial charge < -0.3 is 4.74 Å². The van der Waals surface area contributed by atoms with E-state index in [1.807, 2.05) is 0 Å². The number of hydrogen-bond acceptors (Lipinski definition) is 2. The molecule has 2 heteroatoms. The topological polar surface area (TPSA) is 26.3 Å². The highest BCUT2D eigenvalue weighted by Gasteiger charge is 2.61. The molecule has 4 fully saturated rings. The van der Waals surface area contributed by atoms with Crippen molar-refractivity contribution >= 4 is 5.97 Å². The third kappa shape index (κ3) is 3.08. The van der Waals surface area contributed by atoms with Gasteiger partial charge in [0.05, 0.1) is 0 Å². The summed E-state index contributed by atoms with van der Waals surface area (Å²) in [6.07, 6.45) is 12.1. The molecule has 0 aromatic heterocycles. The van der Waals surface area contributed by atoms with E-state index in [4.69, 9.17) is 4.74 Å². The average molecular weight is 395 g/mol. The molecule has 8 atom stereocenters. The molecule has 4 saturated carbocycles. The van der Waals surface area contributed by atoms with Crippen molar-refractivity contribution in [1.29, 1.82) is 0 Å². The number of hydrogen-bond donors (Lipinski definition) is 0. The fraction of sp³-hybridized carbons (Fsp3) is 0.741. The van der Waals surface area contributed by atoms with Crippen LogP contribution < -0.4 is 0 Å². The van der Waals surface area contributed by atoms with Gasteiger partial charge >= 0.3 is 5.97 Å². The van der Waals surface area contributed by atoms with Crippen LogP contribution in [0.2, 0.25) is 0 Å². The summed E-state index contributed by atoms with van der Waals surface area (Å²) in [6.45, 7) is 6.67. The van der Waals surface area contributed by atoms with Gasteiger partial charge in [0.25, 0.3) is 0 Å². The average Bonchev–Trinajstić information content (AvgIpc) is 3.04. The molecular formula is C27H38O2. The summed E-state index contributed by atoms with van der Waals surface area (Å²) < 4.78 is 5.82. The first-order chi connectivity index (χ1) is 13.9. The van der Waals surface area contributed by atoms with Gasteiger partial charge in [-0.25, -0.2) is 0 Å². The molecule has 29 heavy (non-hydrogen) atoms. The van der Waals surface area contributed by atoms with E-state index in [0.29, 0.717) is 5.41 Å². The first-order valence-corrected chi connectivity index (χ1v) is 12.1. The Labute approximate surface area is 176 Å². The lowest BCUT2D eigenvalue weighted by Gasteiger charge is -2.61. The van der Waals surface area contributed by atoms with Gasteiger partial charge in [0.1, 0.15) is 6.10 Å². The summed E-state index contributed by atoms with van der Waals surface area (Å²) in [5, 5.41) is 0. The molecule has 4 aliphatic carbocycles. The molecule has 2 nitrogen and oxygen atoms in total. The first kappa shape index (κ1) is 19.6. The maximum atomic E-state index is 11.7. The second-order valence-corrected chi connectivity index (χ2v) is 11.3. The SMILES string of the molecule is CC(=O)O[C@H]1CCC2C3CC[C@H]4CC(c5ccccc5)CC[C@]4(C)C3CC[C@@]21C. The van der Waals surface area contributed by atoms with Crippen LogP contribution in [0.5, 0.6) is 0 Å². The Kier molecular flexibility index (Phi) is 4.83. The van der Waals surface area contributed by atoms with Crippen molar-refractivity contribution in [2.24, 2.45) is 34.5 Å².